The van der Waals surface area contributed by atoms with E-state index in [0.29, 0.717) is 11.6 Å². The van der Waals surface area contributed by atoms with Crippen LogP contribution in [0.4, 0.5) is 5.69 Å². The highest BCUT2D eigenvalue weighted by atomic mass is 32.2. The average molecular weight is 462 g/mol. The molecule has 3 N–H and O–H groups in total. The van der Waals surface area contributed by atoms with Crippen LogP contribution in [0.1, 0.15) is 44.7 Å². The molecule has 2 aromatic carbocycles. The van der Waals surface area contributed by atoms with E-state index in [1.54, 1.807) is 6.92 Å². The van der Waals surface area contributed by atoms with Crippen LogP contribution in [0.5, 0.6) is 0 Å². The number of carbonyl (C=O) groups excluding carboxylic acids is 2. The van der Waals surface area contributed by atoms with Crippen molar-refractivity contribution in [2.75, 3.05) is 5.32 Å². The fraction of sp³-hybridized carbons (Fsp3) is 0.318. The molecule has 7 nitrogen and oxygen atoms in total. The van der Waals surface area contributed by atoms with Crippen LogP contribution in [0.15, 0.2) is 53.4 Å². The molecule has 0 saturated carbocycles. The standard InChI is InChI=1S/C22H27N3O4S2/c1-14(2)13-17-5-7-18(8-6-17)15(3)21(27)24-22(30)23-19-9-11-20(12-10-19)31(28,29)25-16(4)26/h5-12,14-15H,13H2,1-4H3,(H,25,26)(H2,23,24,27,30). The van der Waals surface area contributed by atoms with E-state index in [4.69, 9.17) is 12.2 Å². The number of thiocarbonyl (C=S) groups is 1. The quantitative estimate of drug-likeness (QED) is 0.547. The maximum absolute atomic E-state index is 12.5. The third-order valence-electron chi connectivity index (χ3n) is 4.45. The molecule has 0 heterocycles. The van der Waals surface area contributed by atoms with Crippen molar-refractivity contribution in [2.24, 2.45) is 5.92 Å². The van der Waals surface area contributed by atoms with Gasteiger partial charge in [-0.1, -0.05) is 38.1 Å². The van der Waals surface area contributed by atoms with Crippen molar-refractivity contribution in [2.45, 2.75) is 44.9 Å². The molecule has 2 amide bonds. The molecule has 0 aliphatic rings. The SMILES string of the molecule is CC(=O)NS(=O)(=O)c1ccc(NC(=S)NC(=O)C(C)c2ccc(CC(C)C)cc2)cc1. The van der Waals surface area contributed by atoms with E-state index in [1.807, 2.05) is 29.0 Å². The predicted molar refractivity (Wildman–Crippen MR) is 125 cm³/mol. The zero-order valence-corrected chi connectivity index (χ0v) is 19.6. The summed E-state index contributed by atoms with van der Waals surface area (Å²) in [4.78, 5) is 23.5. The Balaban J connectivity index is 1.95. The van der Waals surface area contributed by atoms with Gasteiger partial charge in [0, 0.05) is 12.6 Å². The Hall–Kier alpha value is -2.78. The summed E-state index contributed by atoms with van der Waals surface area (Å²) in [6.07, 6.45) is 0.986. The van der Waals surface area contributed by atoms with Gasteiger partial charge in [0.1, 0.15) is 0 Å². The summed E-state index contributed by atoms with van der Waals surface area (Å²) in [5, 5.41) is 5.60. The Morgan fingerprint density at radius 2 is 1.55 bits per heavy atom. The molecule has 0 aliphatic heterocycles. The number of hydrogen-bond donors (Lipinski definition) is 3. The smallest absolute Gasteiger partial charge is 0.264 e. The summed E-state index contributed by atoms with van der Waals surface area (Å²) in [7, 11) is -3.91. The molecule has 0 spiro atoms. The van der Waals surface area contributed by atoms with Gasteiger partial charge in [0.2, 0.25) is 11.8 Å². The van der Waals surface area contributed by atoms with E-state index in [9.17, 15) is 18.0 Å². The van der Waals surface area contributed by atoms with Crippen LogP contribution >= 0.6 is 12.2 Å². The predicted octanol–water partition coefficient (Wildman–Crippen LogP) is 3.33. The lowest BCUT2D eigenvalue weighted by molar-refractivity contribution is -0.120. The average Bonchev–Trinajstić information content (AvgIpc) is 2.67. The van der Waals surface area contributed by atoms with E-state index in [0.717, 1.165) is 18.9 Å². The molecule has 0 saturated heterocycles. The second-order valence-electron chi connectivity index (χ2n) is 7.69. The van der Waals surface area contributed by atoms with Gasteiger partial charge in [-0.05, 0) is 66.9 Å². The molecule has 9 heteroatoms. The lowest BCUT2D eigenvalue weighted by Crippen LogP contribution is -2.36. The molecule has 2 rings (SSSR count). The Morgan fingerprint density at radius 3 is 2.06 bits per heavy atom. The molecule has 31 heavy (non-hydrogen) atoms. The van der Waals surface area contributed by atoms with Gasteiger partial charge in [0.15, 0.2) is 5.11 Å². The number of hydrogen-bond acceptors (Lipinski definition) is 5. The molecule has 0 fully saturated rings. The maximum atomic E-state index is 12.5. The number of rotatable bonds is 7. The summed E-state index contributed by atoms with van der Waals surface area (Å²) in [5.74, 6) is -0.749. The second kappa shape index (κ2) is 10.5. The monoisotopic (exact) mass is 461 g/mol. The molecule has 0 aromatic heterocycles. The molecule has 0 aliphatic carbocycles. The summed E-state index contributed by atoms with van der Waals surface area (Å²) in [6, 6.07) is 13.6. The van der Waals surface area contributed by atoms with Crippen molar-refractivity contribution < 1.29 is 18.0 Å². The van der Waals surface area contributed by atoms with Crippen LogP contribution in [0.25, 0.3) is 0 Å². The maximum Gasteiger partial charge on any atom is 0.264 e. The van der Waals surface area contributed by atoms with Crippen LogP contribution in [0.2, 0.25) is 0 Å². The van der Waals surface area contributed by atoms with Gasteiger partial charge in [-0.15, -0.1) is 0 Å². The fourth-order valence-electron chi connectivity index (χ4n) is 2.91. The highest BCUT2D eigenvalue weighted by Gasteiger charge is 2.17. The van der Waals surface area contributed by atoms with Crippen LogP contribution < -0.4 is 15.4 Å². The van der Waals surface area contributed by atoms with E-state index in [-0.39, 0.29) is 15.9 Å². The zero-order valence-electron chi connectivity index (χ0n) is 17.9. The topological polar surface area (TPSA) is 104 Å². The number of amides is 2. The number of anilines is 1. The Morgan fingerprint density at radius 1 is 0.968 bits per heavy atom. The molecular formula is C22H27N3O4S2. The number of carbonyl (C=O) groups is 2. The van der Waals surface area contributed by atoms with Crippen molar-refractivity contribution in [1.29, 1.82) is 0 Å². The molecule has 2 aromatic rings. The minimum Gasteiger partial charge on any atom is -0.332 e. The van der Waals surface area contributed by atoms with E-state index in [1.165, 1.54) is 29.8 Å². The lowest BCUT2D eigenvalue weighted by atomic mass is 9.96. The van der Waals surface area contributed by atoms with Gasteiger partial charge in [0.25, 0.3) is 10.0 Å². The highest BCUT2D eigenvalue weighted by Crippen LogP contribution is 2.18. The van der Waals surface area contributed by atoms with Gasteiger partial charge >= 0.3 is 0 Å². The summed E-state index contributed by atoms with van der Waals surface area (Å²) in [5.41, 5.74) is 2.62. The number of sulfonamides is 1. The van der Waals surface area contributed by atoms with E-state index < -0.39 is 21.8 Å². The minimum atomic E-state index is -3.91. The Kier molecular flexibility index (Phi) is 8.29. The largest absolute Gasteiger partial charge is 0.332 e. The first-order chi connectivity index (χ1) is 14.5. The summed E-state index contributed by atoms with van der Waals surface area (Å²) < 4.78 is 25.8. The van der Waals surface area contributed by atoms with E-state index in [2.05, 4.69) is 24.5 Å². The van der Waals surface area contributed by atoms with Crippen molar-refractivity contribution in [3.05, 3.63) is 59.7 Å². The van der Waals surface area contributed by atoms with Crippen molar-refractivity contribution >= 4 is 44.9 Å². The van der Waals surface area contributed by atoms with Crippen LogP contribution in [-0.4, -0.2) is 25.3 Å². The molecule has 0 radical (unpaired) electrons. The van der Waals surface area contributed by atoms with E-state index >= 15 is 0 Å². The van der Waals surface area contributed by atoms with Crippen LogP contribution in [0, 0.1) is 5.92 Å². The van der Waals surface area contributed by atoms with Gasteiger partial charge in [-0.3, -0.25) is 9.59 Å². The Bertz CT molecular complexity index is 1050. The highest BCUT2D eigenvalue weighted by molar-refractivity contribution is 7.90. The summed E-state index contributed by atoms with van der Waals surface area (Å²) in [6.45, 7) is 7.24. The zero-order chi connectivity index (χ0) is 23.2. The number of benzene rings is 2. The van der Waals surface area contributed by atoms with Crippen molar-refractivity contribution in [1.82, 2.24) is 10.0 Å². The molecular weight excluding hydrogens is 434 g/mol. The first kappa shape index (κ1) is 24.5. The van der Waals surface area contributed by atoms with Gasteiger partial charge in [-0.2, -0.15) is 0 Å². The first-order valence-electron chi connectivity index (χ1n) is 9.82. The lowest BCUT2D eigenvalue weighted by Gasteiger charge is -2.15. The molecule has 1 unspecified atom stereocenters. The van der Waals surface area contributed by atoms with Crippen LogP contribution in [-0.2, 0) is 26.0 Å². The summed E-state index contributed by atoms with van der Waals surface area (Å²) >= 11 is 5.19. The minimum absolute atomic E-state index is 0.0576. The molecule has 166 valence electrons. The van der Waals surface area contributed by atoms with Gasteiger partial charge in [-0.25, -0.2) is 13.1 Å². The van der Waals surface area contributed by atoms with Crippen LogP contribution in [0.3, 0.4) is 0 Å². The Labute approximate surface area is 188 Å². The van der Waals surface area contributed by atoms with Crippen molar-refractivity contribution in [3.8, 4) is 0 Å². The third-order valence-corrected chi connectivity index (χ3v) is 6.11. The second-order valence-corrected chi connectivity index (χ2v) is 9.78. The normalized spacial score (nSPS) is 12.2. The molecule has 1 atom stereocenters. The van der Waals surface area contributed by atoms with Gasteiger partial charge in [0.05, 0.1) is 10.8 Å². The number of nitrogens with one attached hydrogen (secondary N) is 3. The molecule has 0 bridgehead atoms. The fourth-order valence-corrected chi connectivity index (χ4v) is 4.12. The first-order valence-corrected chi connectivity index (χ1v) is 11.7. The van der Waals surface area contributed by atoms with Gasteiger partial charge < -0.3 is 10.6 Å². The van der Waals surface area contributed by atoms with Crippen molar-refractivity contribution in [3.63, 3.8) is 0 Å². The third kappa shape index (κ3) is 7.45.